The Morgan fingerprint density at radius 3 is 2.54 bits per heavy atom. The van der Waals surface area contributed by atoms with Crippen molar-refractivity contribution < 1.29 is 5.11 Å². The third-order valence-corrected chi connectivity index (χ3v) is 5.91. The van der Waals surface area contributed by atoms with Crippen molar-refractivity contribution in [3.8, 4) is 0 Å². The molecule has 0 unspecified atom stereocenters. The second kappa shape index (κ2) is 8.02. The van der Waals surface area contributed by atoms with Gasteiger partial charge in [0.1, 0.15) is 11.6 Å². The van der Waals surface area contributed by atoms with Gasteiger partial charge >= 0.3 is 0 Å². The first-order chi connectivity index (χ1) is 13.5. The number of hydrogen-bond donors (Lipinski definition) is 1. The number of hydrogen-bond acceptors (Lipinski definition) is 3. The monoisotopic (exact) mass is 412 g/mol. The molecule has 0 radical (unpaired) electrons. The summed E-state index contributed by atoms with van der Waals surface area (Å²) in [6.45, 7) is 5.71. The smallest absolute Gasteiger partial charge is 0.140 e. The summed E-state index contributed by atoms with van der Waals surface area (Å²) in [7, 11) is 0. The average molecular weight is 413 g/mol. The number of rotatable bonds is 4. The van der Waals surface area contributed by atoms with Gasteiger partial charge in [0.2, 0.25) is 0 Å². The number of anilines is 1. The van der Waals surface area contributed by atoms with Gasteiger partial charge in [-0.1, -0.05) is 48.0 Å². The molecule has 0 spiro atoms. The van der Waals surface area contributed by atoms with Gasteiger partial charge in [0.15, 0.2) is 0 Å². The summed E-state index contributed by atoms with van der Waals surface area (Å²) in [5.41, 5.74) is 3.49. The van der Waals surface area contributed by atoms with E-state index in [4.69, 9.17) is 28.2 Å². The van der Waals surface area contributed by atoms with Crippen LogP contribution in [0.1, 0.15) is 36.0 Å². The topological polar surface area (TPSA) is 36.4 Å². The number of aliphatic hydroxyl groups is 1. The largest absolute Gasteiger partial charge is 0.508 e. The summed E-state index contributed by atoms with van der Waals surface area (Å²) in [6.07, 6.45) is 4.03. The standard InChI is InChI=1S/C23H22Cl2N2O/c1-15(28)22-19(13-16-7-3-4-8-20(16)25)18-14-17(24)9-10-21(18)26-23(22)27-11-5-2-6-12-27/h3-4,7-10,14,28H,1-2,5-6,11-13H2. The summed E-state index contributed by atoms with van der Waals surface area (Å²) < 4.78 is 0. The fourth-order valence-corrected chi connectivity index (χ4v) is 4.32. The Morgan fingerprint density at radius 2 is 1.82 bits per heavy atom. The minimum absolute atomic E-state index is 0.0250. The van der Waals surface area contributed by atoms with Crippen LogP contribution in [0, 0.1) is 0 Å². The molecule has 28 heavy (non-hydrogen) atoms. The molecule has 2 aromatic carbocycles. The first kappa shape index (κ1) is 19.1. The van der Waals surface area contributed by atoms with Gasteiger partial charge in [-0.15, -0.1) is 0 Å². The highest BCUT2D eigenvalue weighted by molar-refractivity contribution is 6.31. The van der Waals surface area contributed by atoms with Crippen LogP contribution in [0.3, 0.4) is 0 Å². The molecule has 0 aliphatic carbocycles. The average Bonchev–Trinajstić information content (AvgIpc) is 2.70. The van der Waals surface area contributed by atoms with Gasteiger partial charge in [0.25, 0.3) is 0 Å². The van der Waals surface area contributed by atoms with Crippen LogP contribution in [-0.4, -0.2) is 23.2 Å². The van der Waals surface area contributed by atoms with E-state index >= 15 is 0 Å². The van der Waals surface area contributed by atoms with Crippen LogP contribution in [-0.2, 0) is 6.42 Å². The van der Waals surface area contributed by atoms with E-state index in [1.807, 2.05) is 42.5 Å². The molecule has 0 bridgehead atoms. The number of aliphatic hydroxyl groups excluding tert-OH is 1. The molecule has 1 N–H and O–H groups in total. The van der Waals surface area contributed by atoms with Crippen molar-refractivity contribution >= 4 is 45.7 Å². The van der Waals surface area contributed by atoms with Gasteiger partial charge in [-0.05, 0) is 54.7 Å². The predicted molar refractivity (Wildman–Crippen MR) is 119 cm³/mol. The molecule has 5 heteroatoms. The zero-order chi connectivity index (χ0) is 19.7. The molecule has 0 saturated carbocycles. The Balaban J connectivity index is 1.97. The molecular formula is C23H22Cl2N2O. The Morgan fingerprint density at radius 1 is 1.07 bits per heavy atom. The lowest BCUT2D eigenvalue weighted by Crippen LogP contribution is -2.31. The lowest BCUT2D eigenvalue weighted by atomic mass is 9.94. The van der Waals surface area contributed by atoms with Crippen molar-refractivity contribution in [3.05, 3.63) is 75.8 Å². The molecule has 0 atom stereocenters. The first-order valence-electron chi connectivity index (χ1n) is 9.53. The number of fused-ring (bicyclic) bond motifs is 1. The highest BCUT2D eigenvalue weighted by atomic mass is 35.5. The fraction of sp³-hybridized carbons (Fsp3) is 0.261. The van der Waals surface area contributed by atoms with Gasteiger partial charge < -0.3 is 10.0 Å². The number of aromatic nitrogens is 1. The maximum atomic E-state index is 10.6. The number of pyridine rings is 1. The van der Waals surface area contributed by atoms with Crippen molar-refractivity contribution in [3.63, 3.8) is 0 Å². The van der Waals surface area contributed by atoms with Crippen molar-refractivity contribution in [1.29, 1.82) is 0 Å². The van der Waals surface area contributed by atoms with Crippen molar-refractivity contribution in [2.45, 2.75) is 25.7 Å². The molecule has 1 aliphatic rings. The van der Waals surface area contributed by atoms with Crippen LogP contribution in [0.5, 0.6) is 0 Å². The van der Waals surface area contributed by atoms with E-state index in [1.165, 1.54) is 6.42 Å². The SMILES string of the molecule is C=C(O)c1c(N2CCCCC2)nc2ccc(Cl)cc2c1Cc1ccccc1Cl. The van der Waals surface area contributed by atoms with Gasteiger partial charge in [0.05, 0.1) is 11.1 Å². The molecule has 2 heterocycles. The van der Waals surface area contributed by atoms with Crippen LogP contribution in [0.15, 0.2) is 49.0 Å². The zero-order valence-electron chi connectivity index (χ0n) is 15.6. The number of nitrogens with zero attached hydrogens (tertiary/aromatic N) is 2. The second-order valence-corrected chi connectivity index (χ2v) is 8.06. The maximum absolute atomic E-state index is 10.6. The second-order valence-electron chi connectivity index (χ2n) is 7.21. The summed E-state index contributed by atoms with van der Waals surface area (Å²) >= 11 is 12.7. The molecule has 1 aliphatic heterocycles. The van der Waals surface area contributed by atoms with E-state index in [1.54, 1.807) is 0 Å². The molecule has 0 amide bonds. The fourth-order valence-electron chi connectivity index (χ4n) is 3.94. The Kier molecular flexibility index (Phi) is 5.47. The predicted octanol–water partition coefficient (Wildman–Crippen LogP) is 6.65. The highest BCUT2D eigenvalue weighted by Crippen LogP contribution is 2.37. The molecular weight excluding hydrogens is 391 g/mol. The molecule has 1 aromatic heterocycles. The molecule has 144 valence electrons. The summed E-state index contributed by atoms with van der Waals surface area (Å²) in [6, 6.07) is 13.5. The maximum Gasteiger partial charge on any atom is 0.140 e. The highest BCUT2D eigenvalue weighted by Gasteiger charge is 2.23. The van der Waals surface area contributed by atoms with Crippen molar-refractivity contribution in [2.24, 2.45) is 0 Å². The molecule has 3 nitrogen and oxygen atoms in total. The lowest BCUT2D eigenvalue weighted by molar-refractivity contribution is 0.511. The molecule has 4 rings (SSSR count). The van der Waals surface area contributed by atoms with E-state index in [0.717, 1.165) is 53.8 Å². The van der Waals surface area contributed by atoms with Crippen LogP contribution in [0.25, 0.3) is 16.7 Å². The van der Waals surface area contributed by atoms with Crippen LogP contribution in [0.2, 0.25) is 10.0 Å². The van der Waals surface area contributed by atoms with Gasteiger partial charge in [-0.25, -0.2) is 4.98 Å². The summed E-state index contributed by atoms with van der Waals surface area (Å²) in [5.74, 6) is 0.820. The zero-order valence-corrected chi connectivity index (χ0v) is 17.1. The van der Waals surface area contributed by atoms with Crippen molar-refractivity contribution in [2.75, 3.05) is 18.0 Å². The van der Waals surface area contributed by atoms with Crippen molar-refractivity contribution in [1.82, 2.24) is 4.98 Å². The molecule has 1 saturated heterocycles. The first-order valence-corrected chi connectivity index (χ1v) is 10.3. The minimum atomic E-state index is 0.0250. The van der Waals surface area contributed by atoms with E-state index in [9.17, 15) is 5.11 Å². The normalized spacial score (nSPS) is 14.4. The van der Waals surface area contributed by atoms with Crippen LogP contribution in [0.4, 0.5) is 5.82 Å². The summed E-state index contributed by atoms with van der Waals surface area (Å²) in [5, 5.41) is 12.8. The number of piperidine rings is 1. The summed E-state index contributed by atoms with van der Waals surface area (Å²) in [4.78, 5) is 7.15. The Labute approximate surface area is 175 Å². The van der Waals surface area contributed by atoms with E-state index in [0.29, 0.717) is 22.0 Å². The third-order valence-electron chi connectivity index (χ3n) is 5.30. The molecule has 3 aromatic rings. The number of benzene rings is 2. The lowest BCUT2D eigenvalue weighted by Gasteiger charge is -2.31. The number of halogens is 2. The van der Waals surface area contributed by atoms with Gasteiger partial charge in [-0.3, -0.25) is 0 Å². The van der Waals surface area contributed by atoms with Crippen LogP contribution >= 0.6 is 23.2 Å². The third kappa shape index (κ3) is 3.69. The van der Waals surface area contributed by atoms with E-state index < -0.39 is 0 Å². The van der Waals surface area contributed by atoms with E-state index in [2.05, 4.69) is 11.5 Å². The Hall–Kier alpha value is -2.23. The molecule has 1 fully saturated rings. The quantitative estimate of drug-likeness (QED) is 0.487. The van der Waals surface area contributed by atoms with Crippen LogP contribution < -0.4 is 4.90 Å². The van der Waals surface area contributed by atoms with Gasteiger partial charge in [0, 0.05) is 34.9 Å². The minimum Gasteiger partial charge on any atom is -0.508 e. The van der Waals surface area contributed by atoms with E-state index in [-0.39, 0.29) is 5.76 Å². The Bertz CT molecular complexity index is 1040. The van der Waals surface area contributed by atoms with Gasteiger partial charge in [-0.2, -0.15) is 0 Å².